The van der Waals surface area contributed by atoms with Gasteiger partial charge in [-0.15, -0.1) is 0 Å². The summed E-state index contributed by atoms with van der Waals surface area (Å²) < 4.78 is 4.66. The van der Waals surface area contributed by atoms with Gasteiger partial charge in [0.25, 0.3) is 0 Å². The largest absolute Gasteiger partial charge is 0.469 e. The van der Waals surface area contributed by atoms with Gasteiger partial charge in [-0.2, -0.15) is 5.26 Å². The Bertz CT molecular complexity index is 262. The van der Waals surface area contributed by atoms with Crippen LogP contribution in [0.15, 0.2) is 0 Å². The maximum atomic E-state index is 11.2. The molecule has 0 bridgehead atoms. The summed E-state index contributed by atoms with van der Waals surface area (Å²) >= 11 is 0. The Hall–Kier alpha value is -1.12. The fourth-order valence-corrected chi connectivity index (χ4v) is 1.72. The molecule has 1 aliphatic rings. The molecule has 0 aromatic heterocycles. The Labute approximate surface area is 90.0 Å². The standard InChI is InChI=1S/C10H17N3O2/c1-8(10(14)15-2)7-13-4-3-12-6-9(13)5-11/h8-9,12H,3-4,6-7H2,1-2H3. The molecule has 2 unspecified atom stereocenters. The number of carbonyl (C=O) groups excluding carboxylic acids is 1. The molecule has 0 amide bonds. The smallest absolute Gasteiger partial charge is 0.309 e. The minimum Gasteiger partial charge on any atom is -0.469 e. The van der Waals surface area contributed by atoms with Crippen LogP contribution in [0, 0.1) is 17.2 Å². The van der Waals surface area contributed by atoms with E-state index in [1.165, 1.54) is 7.11 Å². The highest BCUT2D eigenvalue weighted by molar-refractivity contribution is 5.72. The Balaban J connectivity index is 2.48. The van der Waals surface area contributed by atoms with Crippen LogP contribution < -0.4 is 5.32 Å². The van der Waals surface area contributed by atoms with Crippen LogP contribution in [-0.4, -0.2) is 50.2 Å². The molecule has 5 heteroatoms. The van der Waals surface area contributed by atoms with E-state index < -0.39 is 0 Å². The number of methoxy groups -OCH3 is 1. The van der Waals surface area contributed by atoms with E-state index in [2.05, 4.69) is 16.1 Å². The van der Waals surface area contributed by atoms with Crippen molar-refractivity contribution in [3.05, 3.63) is 0 Å². The zero-order valence-electron chi connectivity index (χ0n) is 9.19. The van der Waals surface area contributed by atoms with Crippen LogP contribution in [0.25, 0.3) is 0 Å². The Kier molecular flexibility index (Phi) is 4.53. The van der Waals surface area contributed by atoms with Gasteiger partial charge in [-0.3, -0.25) is 9.69 Å². The number of ether oxygens (including phenoxy) is 1. The zero-order valence-corrected chi connectivity index (χ0v) is 9.19. The van der Waals surface area contributed by atoms with Crippen LogP contribution in [0.1, 0.15) is 6.92 Å². The SMILES string of the molecule is COC(=O)C(C)CN1CCNCC1C#N. The molecule has 2 atom stereocenters. The van der Waals surface area contributed by atoms with Crippen LogP contribution in [-0.2, 0) is 9.53 Å². The van der Waals surface area contributed by atoms with Crippen molar-refractivity contribution in [1.29, 1.82) is 5.26 Å². The van der Waals surface area contributed by atoms with Crippen molar-refractivity contribution < 1.29 is 9.53 Å². The lowest BCUT2D eigenvalue weighted by Gasteiger charge is -2.33. The fourth-order valence-electron chi connectivity index (χ4n) is 1.72. The average molecular weight is 211 g/mol. The molecule has 0 radical (unpaired) electrons. The molecule has 5 nitrogen and oxygen atoms in total. The van der Waals surface area contributed by atoms with Gasteiger partial charge < -0.3 is 10.1 Å². The van der Waals surface area contributed by atoms with E-state index in [0.717, 1.165) is 13.1 Å². The van der Waals surface area contributed by atoms with Crippen molar-refractivity contribution in [1.82, 2.24) is 10.2 Å². The van der Waals surface area contributed by atoms with Gasteiger partial charge >= 0.3 is 5.97 Å². The summed E-state index contributed by atoms with van der Waals surface area (Å²) in [5.74, 6) is -0.394. The van der Waals surface area contributed by atoms with Crippen molar-refractivity contribution in [3.8, 4) is 6.07 Å². The predicted molar refractivity (Wildman–Crippen MR) is 55.0 cm³/mol. The number of esters is 1. The maximum Gasteiger partial charge on any atom is 0.309 e. The van der Waals surface area contributed by atoms with Crippen molar-refractivity contribution in [3.63, 3.8) is 0 Å². The summed E-state index contributed by atoms with van der Waals surface area (Å²) in [6.07, 6.45) is 0. The predicted octanol–water partition coefficient (Wildman–Crippen LogP) is -0.407. The van der Waals surface area contributed by atoms with Crippen LogP contribution >= 0.6 is 0 Å². The number of hydrogen-bond acceptors (Lipinski definition) is 5. The molecular formula is C10H17N3O2. The number of nitrogens with one attached hydrogen (secondary N) is 1. The summed E-state index contributed by atoms with van der Waals surface area (Å²) in [6.45, 7) is 4.75. The zero-order chi connectivity index (χ0) is 11.3. The quantitative estimate of drug-likeness (QED) is 0.643. The lowest BCUT2D eigenvalue weighted by Crippen LogP contribution is -2.52. The van der Waals surface area contributed by atoms with Crippen LogP contribution in [0.3, 0.4) is 0 Å². The van der Waals surface area contributed by atoms with Crippen LogP contribution in [0.4, 0.5) is 0 Å². The first-order chi connectivity index (χ1) is 7.19. The summed E-state index contributed by atoms with van der Waals surface area (Å²) in [4.78, 5) is 13.3. The summed E-state index contributed by atoms with van der Waals surface area (Å²) in [6, 6.07) is 2.09. The Morgan fingerprint density at radius 1 is 1.80 bits per heavy atom. The van der Waals surface area contributed by atoms with Gasteiger partial charge in [0.15, 0.2) is 0 Å². The Morgan fingerprint density at radius 3 is 3.13 bits per heavy atom. The molecule has 0 aliphatic carbocycles. The normalized spacial score (nSPS) is 24.2. The summed E-state index contributed by atoms with van der Waals surface area (Å²) in [7, 11) is 1.39. The minimum absolute atomic E-state index is 0.133. The van der Waals surface area contributed by atoms with Gasteiger partial charge in [0.05, 0.1) is 19.1 Å². The molecular weight excluding hydrogens is 194 g/mol. The highest BCUT2D eigenvalue weighted by Crippen LogP contribution is 2.08. The number of nitrogens with zero attached hydrogens (tertiary/aromatic N) is 2. The molecule has 1 fully saturated rings. The third kappa shape index (κ3) is 3.18. The van der Waals surface area contributed by atoms with Crippen molar-refractivity contribution >= 4 is 5.97 Å². The van der Waals surface area contributed by atoms with E-state index >= 15 is 0 Å². The third-order valence-electron chi connectivity index (χ3n) is 2.62. The minimum atomic E-state index is -0.217. The molecule has 84 valence electrons. The van der Waals surface area contributed by atoms with Gasteiger partial charge in [0.1, 0.15) is 6.04 Å². The second-order valence-electron chi connectivity index (χ2n) is 3.77. The molecule has 1 saturated heterocycles. The maximum absolute atomic E-state index is 11.2. The third-order valence-corrected chi connectivity index (χ3v) is 2.62. The molecule has 1 heterocycles. The number of hydrogen-bond donors (Lipinski definition) is 1. The molecule has 0 saturated carbocycles. The second kappa shape index (κ2) is 5.69. The molecule has 1 aliphatic heterocycles. The van der Waals surface area contributed by atoms with Gasteiger partial charge in [0.2, 0.25) is 0 Å². The van der Waals surface area contributed by atoms with E-state index in [0.29, 0.717) is 13.1 Å². The van der Waals surface area contributed by atoms with Gasteiger partial charge in [-0.05, 0) is 0 Å². The number of nitriles is 1. The van der Waals surface area contributed by atoms with Crippen LogP contribution in [0.2, 0.25) is 0 Å². The van der Waals surface area contributed by atoms with E-state index in [1.807, 2.05) is 11.8 Å². The van der Waals surface area contributed by atoms with Crippen LogP contribution in [0.5, 0.6) is 0 Å². The monoisotopic (exact) mass is 211 g/mol. The molecule has 15 heavy (non-hydrogen) atoms. The van der Waals surface area contributed by atoms with Crippen molar-refractivity contribution in [2.24, 2.45) is 5.92 Å². The highest BCUT2D eigenvalue weighted by atomic mass is 16.5. The summed E-state index contributed by atoms with van der Waals surface area (Å²) in [5, 5.41) is 12.1. The van der Waals surface area contributed by atoms with E-state index in [-0.39, 0.29) is 17.9 Å². The van der Waals surface area contributed by atoms with Gasteiger partial charge in [0, 0.05) is 26.2 Å². The molecule has 0 aromatic rings. The van der Waals surface area contributed by atoms with Crippen molar-refractivity contribution in [2.75, 3.05) is 33.3 Å². The first-order valence-corrected chi connectivity index (χ1v) is 5.11. The Morgan fingerprint density at radius 2 is 2.53 bits per heavy atom. The molecule has 1 N–H and O–H groups in total. The first kappa shape index (κ1) is 12.0. The van der Waals surface area contributed by atoms with E-state index in [9.17, 15) is 4.79 Å². The number of piperazine rings is 1. The first-order valence-electron chi connectivity index (χ1n) is 5.11. The highest BCUT2D eigenvalue weighted by Gasteiger charge is 2.25. The van der Waals surface area contributed by atoms with Gasteiger partial charge in [-0.25, -0.2) is 0 Å². The lowest BCUT2D eigenvalue weighted by atomic mass is 10.1. The van der Waals surface area contributed by atoms with E-state index in [4.69, 9.17) is 5.26 Å². The number of rotatable bonds is 3. The topological polar surface area (TPSA) is 65.4 Å². The van der Waals surface area contributed by atoms with Gasteiger partial charge in [-0.1, -0.05) is 6.92 Å². The molecule has 0 aromatic carbocycles. The molecule has 0 spiro atoms. The molecule has 1 rings (SSSR count). The lowest BCUT2D eigenvalue weighted by molar-refractivity contribution is -0.145. The summed E-state index contributed by atoms with van der Waals surface area (Å²) in [5.41, 5.74) is 0. The van der Waals surface area contributed by atoms with Crippen molar-refractivity contribution in [2.45, 2.75) is 13.0 Å². The van der Waals surface area contributed by atoms with E-state index in [1.54, 1.807) is 0 Å². The fraction of sp³-hybridized carbons (Fsp3) is 0.800. The second-order valence-corrected chi connectivity index (χ2v) is 3.77. The number of carbonyl (C=O) groups is 1. The average Bonchev–Trinajstić information content (AvgIpc) is 2.28.